The van der Waals surface area contributed by atoms with Crippen LogP contribution in [0.2, 0.25) is 0 Å². The molecule has 6 nitrogen and oxygen atoms in total. The Morgan fingerprint density at radius 1 is 1.29 bits per heavy atom. The second-order valence-electron chi connectivity index (χ2n) is 6.75. The van der Waals surface area contributed by atoms with Gasteiger partial charge in [-0.3, -0.25) is 4.79 Å². The number of carbonyl (C=O) groups is 1. The summed E-state index contributed by atoms with van der Waals surface area (Å²) in [5.41, 5.74) is -0.0521. The largest absolute Gasteiger partial charge is 0.491 e. The molecule has 150 valence electrons. The molecule has 0 saturated carbocycles. The molecule has 2 aromatic rings. The molecule has 1 aromatic carbocycles. The Labute approximate surface area is 172 Å². The highest BCUT2D eigenvalue weighted by Gasteiger charge is 2.33. The molecule has 0 bridgehead atoms. The van der Waals surface area contributed by atoms with Crippen molar-refractivity contribution in [3.8, 4) is 11.6 Å². The summed E-state index contributed by atoms with van der Waals surface area (Å²) in [5.74, 6) is 0.607. The van der Waals surface area contributed by atoms with E-state index >= 15 is 0 Å². The van der Waals surface area contributed by atoms with Crippen molar-refractivity contribution in [2.24, 2.45) is 0 Å². The number of nitrogens with zero attached hydrogens (tertiary/aromatic N) is 2. The van der Waals surface area contributed by atoms with Crippen molar-refractivity contribution in [1.29, 1.82) is 0 Å². The van der Waals surface area contributed by atoms with Gasteiger partial charge in [-0.05, 0) is 65.6 Å². The molecule has 3 heterocycles. The van der Waals surface area contributed by atoms with Crippen molar-refractivity contribution in [3.63, 3.8) is 0 Å². The van der Waals surface area contributed by atoms with Gasteiger partial charge in [-0.1, -0.05) is 0 Å². The van der Waals surface area contributed by atoms with Crippen LogP contribution in [0.1, 0.15) is 34.5 Å². The second-order valence-corrected chi connectivity index (χ2v) is 7.83. The Hall–Kier alpha value is -1.98. The van der Waals surface area contributed by atoms with Crippen molar-refractivity contribution in [3.05, 3.63) is 38.6 Å². The first kappa shape index (κ1) is 19.3. The lowest BCUT2D eigenvalue weighted by atomic mass is 10.00. The van der Waals surface area contributed by atoms with E-state index in [1.165, 1.54) is 6.07 Å². The number of aromatic nitrogens is 2. The molecule has 0 fully saturated rings. The van der Waals surface area contributed by atoms with E-state index in [0.29, 0.717) is 33.9 Å². The molecule has 1 amide bonds. The van der Waals surface area contributed by atoms with E-state index in [1.807, 2.05) is 22.6 Å². The lowest BCUT2D eigenvalue weighted by Crippen LogP contribution is -2.43. The molecule has 1 aromatic heterocycles. The summed E-state index contributed by atoms with van der Waals surface area (Å²) in [6, 6.07) is 2.95. The number of ether oxygens (including phenoxy) is 2. The summed E-state index contributed by atoms with van der Waals surface area (Å²) in [6.07, 6.45) is -2.32. The number of nitrogens with one attached hydrogen (secondary N) is 1. The summed E-state index contributed by atoms with van der Waals surface area (Å²) >= 11 is 2.03. The van der Waals surface area contributed by atoms with Crippen molar-refractivity contribution in [1.82, 2.24) is 15.1 Å². The fraction of sp³-hybridized carbons (Fsp3) is 0.444. The molecule has 0 spiro atoms. The van der Waals surface area contributed by atoms with Gasteiger partial charge in [0.2, 0.25) is 5.88 Å². The molecule has 2 aliphatic heterocycles. The number of hydrogen-bond acceptors (Lipinski definition) is 4. The van der Waals surface area contributed by atoms with Crippen LogP contribution >= 0.6 is 22.6 Å². The molecule has 28 heavy (non-hydrogen) atoms. The number of amides is 1. The van der Waals surface area contributed by atoms with Gasteiger partial charge < -0.3 is 14.8 Å². The van der Waals surface area contributed by atoms with Crippen molar-refractivity contribution in [2.75, 3.05) is 13.2 Å². The minimum Gasteiger partial charge on any atom is -0.491 e. The smallest absolute Gasteiger partial charge is 0.416 e. The number of alkyl halides is 3. The molecular formula is C18H17F3IN3O3. The Morgan fingerprint density at radius 2 is 2.11 bits per heavy atom. The van der Waals surface area contributed by atoms with Crippen LogP contribution in [0, 0.1) is 3.57 Å². The minimum absolute atomic E-state index is 0.185. The molecule has 0 radical (unpaired) electrons. The van der Waals surface area contributed by atoms with Crippen LogP contribution in [-0.4, -0.2) is 34.9 Å². The summed E-state index contributed by atoms with van der Waals surface area (Å²) in [4.78, 5) is 12.7. The third-order valence-electron chi connectivity index (χ3n) is 4.70. The number of aryl methyl sites for hydroxylation is 1. The van der Waals surface area contributed by atoms with E-state index in [0.717, 1.165) is 25.0 Å². The Bertz CT molecular complexity index is 913. The maximum Gasteiger partial charge on any atom is 0.416 e. The molecule has 4 rings (SSSR count). The van der Waals surface area contributed by atoms with Crippen LogP contribution in [0.25, 0.3) is 0 Å². The SMILES string of the molecule is O=C(N[C@H]1COc2ccc(C(F)(F)F)cc2C1)c1nn2c(c1I)OCCCC2. The normalized spacial score (nSPS) is 18.9. The predicted octanol–water partition coefficient (Wildman–Crippen LogP) is 3.41. The van der Waals surface area contributed by atoms with E-state index in [4.69, 9.17) is 9.47 Å². The Kier molecular flexibility index (Phi) is 5.15. The van der Waals surface area contributed by atoms with Crippen LogP contribution in [0.4, 0.5) is 13.2 Å². The molecule has 10 heteroatoms. The molecule has 0 unspecified atom stereocenters. The van der Waals surface area contributed by atoms with E-state index in [1.54, 1.807) is 4.68 Å². The standard InChI is InChI=1S/C18H17F3IN3O3/c19-18(20,21)11-3-4-13-10(7-11)8-12(9-28-13)23-16(26)15-14(22)17-25(24-15)5-1-2-6-27-17/h3-4,7,12H,1-2,5-6,8-9H2,(H,23,26)/t12-/m1/s1. The third kappa shape index (κ3) is 3.78. The van der Waals surface area contributed by atoms with Gasteiger partial charge in [0.05, 0.1) is 18.2 Å². The zero-order chi connectivity index (χ0) is 19.9. The van der Waals surface area contributed by atoms with Gasteiger partial charge >= 0.3 is 6.18 Å². The van der Waals surface area contributed by atoms with Gasteiger partial charge in [-0.15, -0.1) is 0 Å². The number of fused-ring (bicyclic) bond motifs is 2. The van der Waals surface area contributed by atoms with Gasteiger partial charge in [0.15, 0.2) is 5.69 Å². The quantitative estimate of drug-likeness (QED) is 0.634. The van der Waals surface area contributed by atoms with Crippen LogP contribution in [0.5, 0.6) is 11.6 Å². The van der Waals surface area contributed by atoms with Crippen LogP contribution in [0.3, 0.4) is 0 Å². The predicted molar refractivity (Wildman–Crippen MR) is 102 cm³/mol. The maximum absolute atomic E-state index is 12.9. The van der Waals surface area contributed by atoms with Crippen LogP contribution < -0.4 is 14.8 Å². The average Bonchev–Trinajstić information content (AvgIpc) is 2.81. The van der Waals surface area contributed by atoms with Crippen LogP contribution in [0.15, 0.2) is 18.2 Å². The first-order valence-electron chi connectivity index (χ1n) is 8.86. The zero-order valence-corrected chi connectivity index (χ0v) is 16.8. The Balaban J connectivity index is 1.49. The molecular weight excluding hydrogens is 490 g/mol. The number of hydrogen-bond donors (Lipinski definition) is 1. The lowest BCUT2D eigenvalue weighted by molar-refractivity contribution is -0.137. The molecule has 2 aliphatic rings. The minimum atomic E-state index is -4.42. The second kappa shape index (κ2) is 7.45. The Morgan fingerprint density at radius 3 is 2.89 bits per heavy atom. The van der Waals surface area contributed by atoms with Gasteiger partial charge in [0.25, 0.3) is 5.91 Å². The molecule has 0 saturated heterocycles. The fourth-order valence-corrected chi connectivity index (χ4v) is 4.10. The fourth-order valence-electron chi connectivity index (χ4n) is 3.31. The summed E-state index contributed by atoms with van der Waals surface area (Å²) in [5, 5.41) is 7.17. The molecule has 1 atom stereocenters. The van der Waals surface area contributed by atoms with E-state index in [9.17, 15) is 18.0 Å². The van der Waals surface area contributed by atoms with Gasteiger partial charge in [-0.25, -0.2) is 4.68 Å². The van der Waals surface area contributed by atoms with Crippen molar-refractivity contribution >= 4 is 28.5 Å². The highest BCUT2D eigenvalue weighted by Crippen LogP contribution is 2.34. The highest BCUT2D eigenvalue weighted by molar-refractivity contribution is 14.1. The monoisotopic (exact) mass is 507 g/mol. The van der Waals surface area contributed by atoms with E-state index in [-0.39, 0.29) is 18.7 Å². The van der Waals surface area contributed by atoms with E-state index in [2.05, 4.69) is 10.4 Å². The topological polar surface area (TPSA) is 65.4 Å². The first-order valence-corrected chi connectivity index (χ1v) is 9.93. The van der Waals surface area contributed by atoms with Crippen molar-refractivity contribution < 1.29 is 27.4 Å². The van der Waals surface area contributed by atoms with Crippen molar-refractivity contribution in [2.45, 2.75) is 38.0 Å². The maximum atomic E-state index is 12.9. The van der Waals surface area contributed by atoms with Gasteiger partial charge in [-0.2, -0.15) is 18.3 Å². The average molecular weight is 507 g/mol. The third-order valence-corrected chi connectivity index (χ3v) is 5.67. The molecule has 1 N–H and O–H groups in total. The molecule has 0 aliphatic carbocycles. The van der Waals surface area contributed by atoms with Gasteiger partial charge in [0.1, 0.15) is 15.9 Å². The van der Waals surface area contributed by atoms with Crippen LogP contribution in [-0.2, 0) is 19.1 Å². The zero-order valence-electron chi connectivity index (χ0n) is 14.7. The summed E-state index contributed by atoms with van der Waals surface area (Å²) in [7, 11) is 0. The highest BCUT2D eigenvalue weighted by atomic mass is 127. The van der Waals surface area contributed by atoms with E-state index < -0.39 is 23.7 Å². The lowest BCUT2D eigenvalue weighted by Gasteiger charge is -2.26. The summed E-state index contributed by atoms with van der Waals surface area (Å²) in [6.45, 7) is 1.45. The summed E-state index contributed by atoms with van der Waals surface area (Å²) < 4.78 is 52.3. The number of halogens is 4. The number of benzene rings is 1. The first-order chi connectivity index (χ1) is 13.3. The van der Waals surface area contributed by atoms with Gasteiger partial charge in [0, 0.05) is 6.54 Å². The number of rotatable bonds is 2. The number of carbonyl (C=O) groups excluding carboxylic acids is 1.